The van der Waals surface area contributed by atoms with E-state index in [0.717, 1.165) is 0 Å². The Hall–Kier alpha value is -2.14. The van der Waals surface area contributed by atoms with Crippen molar-refractivity contribution in [3.05, 3.63) is 36.0 Å². The SMILES string of the molecule is CC(C)(C)OC(=O)n1cc(C(=O)CN)c2ccccc21. The summed E-state index contributed by atoms with van der Waals surface area (Å²) in [6.45, 7) is 5.29. The van der Waals surface area contributed by atoms with E-state index in [1.165, 1.54) is 10.8 Å². The van der Waals surface area contributed by atoms with Gasteiger partial charge in [0, 0.05) is 17.1 Å². The largest absolute Gasteiger partial charge is 0.443 e. The number of para-hydroxylation sites is 1. The molecule has 0 atom stereocenters. The Labute approximate surface area is 117 Å². The number of benzene rings is 1. The first-order valence-electron chi connectivity index (χ1n) is 6.40. The summed E-state index contributed by atoms with van der Waals surface area (Å²) in [4.78, 5) is 24.1. The number of carbonyl (C=O) groups excluding carboxylic acids is 2. The molecule has 5 heteroatoms. The molecule has 0 aliphatic carbocycles. The molecule has 20 heavy (non-hydrogen) atoms. The molecule has 0 saturated heterocycles. The van der Waals surface area contributed by atoms with Crippen molar-refractivity contribution >= 4 is 22.8 Å². The van der Waals surface area contributed by atoms with Crippen LogP contribution in [-0.2, 0) is 4.74 Å². The highest BCUT2D eigenvalue weighted by atomic mass is 16.6. The summed E-state index contributed by atoms with van der Waals surface area (Å²) in [5, 5.41) is 0.703. The molecule has 0 unspecified atom stereocenters. The molecule has 1 aromatic carbocycles. The molecule has 106 valence electrons. The Kier molecular flexibility index (Phi) is 3.63. The third-order valence-corrected chi connectivity index (χ3v) is 2.79. The van der Waals surface area contributed by atoms with Gasteiger partial charge in [-0.3, -0.25) is 9.36 Å². The van der Waals surface area contributed by atoms with Crippen LogP contribution in [0.3, 0.4) is 0 Å². The van der Waals surface area contributed by atoms with E-state index < -0.39 is 11.7 Å². The Bertz CT molecular complexity index is 665. The standard InChI is InChI=1S/C15H18N2O3/c1-15(2,3)20-14(19)17-9-11(13(18)8-16)10-6-4-5-7-12(10)17/h4-7,9H,8,16H2,1-3H3. The highest BCUT2D eigenvalue weighted by Crippen LogP contribution is 2.23. The number of aromatic nitrogens is 1. The molecule has 2 aromatic rings. The second-order valence-corrected chi connectivity index (χ2v) is 5.54. The Morgan fingerprint density at radius 1 is 1.25 bits per heavy atom. The average Bonchev–Trinajstić information content (AvgIpc) is 2.75. The van der Waals surface area contributed by atoms with Gasteiger partial charge in [-0.15, -0.1) is 0 Å². The van der Waals surface area contributed by atoms with E-state index in [9.17, 15) is 9.59 Å². The lowest BCUT2D eigenvalue weighted by Gasteiger charge is -2.19. The monoisotopic (exact) mass is 274 g/mol. The van der Waals surface area contributed by atoms with Gasteiger partial charge in [0.25, 0.3) is 0 Å². The minimum absolute atomic E-state index is 0.0949. The molecule has 0 spiro atoms. The van der Waals surface area contributed by atoms with Gasteiger partial charge >= 0.3 is 6.09 Å². The zero-order valence-electron chi connectivity index (χ0n) is 11.8. The lowest BCUT2D eigenvalue weighted by Crippen LogP contribution is -2.26. The Morgan fingerprint density at radius 3 is 2.50 bits per heavy atom. The van der Waals surface area contributed by atoms with Gasteiger partial charge in [-0.2, -0.15) is 0 Å². The molecule has 0 bridgehead atoms. The molecule has 0 aliphatic heterocycles. The summed E-state index contributed by atoms with van der Waals surface area (Å²) in [6.07, 6.45) is 0.985. The van der Waals surface area contributed by atoms with Crippen molar-refractivity contribution in [3.63, 3.8) is 0 Å². The maximum Gasteiger partial charge on any atom is 0.419 e. The van der Waals surface area contributed by atoms with Crippen molar-refractivity contribution in [2.75, 3.05) is 6.54 Å². The fourth-order valence-electron chi connectivity index (χ4n) is 1.97. The molecule has 2 rings (SSSR count). The maximum absolute atomic E-state index is 12.2. The molecule has 5 nitrogen and oxygen atoms in total. The van der Waals surface area contributed by atoms with Gasteiger partial charge in [0.1, 0.15) is 5.60 Å². The van der Waals surface area contributed by atoms with Gasteiger partial charge in [-0.05, 0) is 26.8 Å². The predicted octanol–water partition coefficient (Wildman–Crippen LogP) is 2.57. The lowest BCUT2D eigenvalue weighted by molar-refractivity contribution is 0.0544. The summed E-state index contributed by atoms with van der Waals surface area (Å²) < 4.78 is 6.69. The summed E-state index contributed by atoms with van der Waals surface area (Å²) in [5.74, 6) is -0.205. The van der Waals surface area contributed by atoms with Gasteiger partial charge in [-0.25, -0.2) is 4.79 Å². The van der Waals surface area contributed by atoms with Gasteiger partial charge in [0.05, 0.1) is 12.1 Å². The number of hydrogen-bond acceptors (Lipinski definition) is 4. The van der Waals surface area contributed by atoms with Crippen LogP contribution in [0, 0.1) is 0 Å². The van der Waals surface area contributed by atoms with Crippen molar-refractivity contribution in [2.24, 2.45) is 5.73 Å². The molecular formula is C15H18N2O3. The quantitative estimate of drug-likeness (QED) is 0.854. The molecule has 0 saturated carbocycles. The predicted molar refractivity (Wildman–Crippen MR) is 77.0 cm³/mol. The maximum atomic E-state index is 12.2. The van der Waals surface area contributed by atoms with Crippen molar-refractivity contribution in [3.8, 4) is 0 Å². The van der Waals surface area contributed by atoms with Crippen molar-refractivity contribution in [2.45, 2.75) is 26.4 Å². The van der Waals surface area contributed by atoms with E-state index in [1.807, 2.05) is 6.07 Å². The van der Waals surface area contributed by atoms with E-state index in [1.54, 1.807) is 39.0 Å². The van der Waals surface area contributed by atoms with Crippen molar-refractivity contribution in [1.29, 1.82) is 0 Å². The number of rotatable bonds is 2. The fraction of sp³-hybridized carbons (Fsp3) is 0.333. The zero-order chi connectivity index (χ0) is 14.9. The highest BCUT2D eigenvalue weighted by Gasteiger charge is 2.22. The normalized spacial score (nSPS) is 11.6. The molecule has 2 N–H and O–H groups in total. The van der Waals surface area contributed by atoms with Crippen molar-refractivity contribution in [1.82, 2.24) is 4.57 Å². The van der Waals surface area contributed by atoms with E-state index in [2.05, 4.69) is 0 Å². The second-order valence-electron chi connectivity index (χ2n) is 5.54. The number of ketones is 1. The summed E-state index contributed by atoms with van der Waals surface area (Å²) in [7, 11) is 0. The number of nitrogens with zero attached hydrogens (tertiary/aromatic N) is 1. The minimum atomic E-state index is -0.597. The first-order chi connectivity index (χ1) is 9.33. The van der Waals surface area contributed by atoms with Gasteiger partial charge in [0.15, 0.2) is 5.78 Å². The molecule has 0 radical (unpaired) electrons. The van der Waals surface area contributed by atoms with Crippen LogP contribution < -0.4 is 5.73 Å². The van der Waals surface area contributed by atoms with Crippen LogP contribution in [0.2, 0.25) is 0 Å². The average molecular weight is 274 g/mol. The Morgan fingerprint density at radius 2 is 1.90 bits per heavy atom. The van der Waals surface area contributed by atoms with Crippen LogP contribution in [-0.4, -0.2) is 28.6 Å². The summed E-state index contributed by atoms with van der Waals surface area (Å²) in [5.41, 5.74) is 5.89. The second kappa shape index (κ2) is 5.09. The molecule has 0 aliphatic rings. The number of fused-ring (bicyclic) bond motifs is 1. The topological polar surface area (TPSA) is 74.3 Å². The molecule has 0 amide bonds. The minimum Gasteiger partial charge on any atom is -0.443 e. The third-order valence-electron chi connectivity index (χ3n) is 2.79. The number of hydrogen-bond donors (Lipinski definition) is 1. The van der Waals surface area contributed by atoms with Gasteiger partial charge < -0.3 is 10.5 Å². The molecular weight excluding hydrogens is 256 g/mol. The first-order valence-corrected chi connectivity index (χ1v) is 6.40. The van der Waals surface area contributed by atoms with Gasteiger partial charge in [-0.1, -0.05) is 18.2 Å². The van der Waals surface area contributed by atoms with Crippen LogP contribution in [0.1, 0.15) is 31.1 Å². The number of Topliss-reactive ketones (excluding diaryl/α,β-unsaturated/α-hetero) is 1. The van der Waals surface area contributed by atoms with Crippen LogP contribution >= 0.6 is 0 Å². The highest BCUT2D eigenvalue weighted by molar-refractivity contribution is 6.10. The van der Waals surface area contributed by atoms with Crippen LogP contribution in [0.5, 0.6) is 0 Å². The molecule has 1 heterocycles. The molecule has 1 aromatic heterocycles. The summed E-state index contributed by atoms with van der Waals surface area (Å²) >= 11 is 0. The summed E-state index contributed by atoms with van der Waals surface area (Å²) in [6, 6.07) is 7.18. The number of nitrogens with two attached hydrogens (primary N) is 1. The number of ether oxygens (including phenoxy) is 1. The van der Waals surface area contributed by atoms with Gasteiger partial charge in [0.2, 0.25) is 0 Å². The van der Waals surface area contributed by atoms with Crippen LogP contribution in [0.25, 0.3) is 10.9 Å². The van der Waals surface area contributed by atoms with E-state index in [0.29, 0.717) is 16.5 Å². The van der Waals surface area contributed by atoms with Crippen LogP contribution in [0.4, 0.5) is 4.79 Å². The lowest BCUT2D eigenvalue weighted by atomic mass is 10.1. The van der Waals surface area contributed by atoms with E-state index in [4.69, 9.17) is 10.5 Å². The smallest absolute Gasteiger partial charge is 0.419 e. The first kappa shape index (κ1) is 14.3. The zero-order valence-corrected chi connectivity index (χ0v) is 11.8. The number of carbonyl (C=O) groups is 2. The fourth-order valence-corrected chi connectivity index (χ4v) is 1.97. The molecule has 0 fully saturated rings. The van der Waals surface area contributed by atoms with E-state index >= 15 is 0 Å². The Balaban J connectivity index is 2.54. The third kappa shape index (κ3) is 2.72. The van der Waals surface area contributed by atoms with E-state index in [-0.39, 0.29) is 12.3 Å². The van der Waals surface area contributed by atoms with Crippen molar-refractivity contribution < 1.29 is 14.3 Å². The van der Waals surface area contributed by atoms with Crippen LogP contribution in [0.15, 0.2) is 30.5 Å².